The molecule has 0 N–H and O–H groups in total. The fourth-order valence-corrected chi connectivity index (χ4v) is 3.52. The highest BCUT2D eigenvalue weighted by atomic mass is 35.5. The summed E-state index contributed by atoms with van der Waals surface area (Å²) in [6, 6.07) is 7.68. The van der Waals surface area contributed by atoms with Gasteiger partial charge < -0.3 is 4.57 Å². The van der Waals surface area contributed by atoms with Crippen molar-refractivity contribution in [2.24, 2.45) is 0 Å². The number of benzene rings is 1. The molecule has 0 aliphatic heterocycles. The van der Waals surface area contributed by atoms with Crippen molar-refractivity contribution >= 4 is 29.1 Å². The maximum Gasteiger partial charge on any atom is 0.191 e. The molecule has 2 rings (SSSR count). The molecule has 0 aliphatic rings. The Morgan fingerprint density at radius 2 is 1.92 bits per heavy atom. The van der Waals surface area contributed by atoms with Gasteiger partial charge >= 0.3 is 0 Å². The van der Waals surface area contributed by atoms with E-state index >= 15 is 0 Å². The van der Waals surface area contributed by atoms with E-state index in [0.717, 1.165) is 35.3 Å². The average Bonchev–Trinajstić information content (AvgIpc) is 2.95. The SMILES string of the molecule is CCCCCCn1c(SCCC(C)=O)nnc1-c1ccc(Cl)cc1. The predicted molar refractivity (Wildman–Crippen MR) is 101 cm³/mol. The average molecular weight is 366 g/mol. The molecule has 0 amide bonds. The van der Waals surface area contributed by atoms with E-state index in [4.69, 9.17) is 11.6 Å². The number of hydrogen-bond acceptors (Lipinski definition) is 4. The van der Waals surface area contributed by atoms with Gasteiger partial charge in [-0.25, -0.2) is 0 Å². The molecule has 0 spiro atoms. The van der Waals surface area contributed by atoms with E-state index < -0.39 is 0 Å². The molecule has 130 valence electrons. The summed E-state index contributed by atoms with van der Waals surface area (Å²) in [5.74, 6) is 1.81. The second kappa shape index (κ2) is 9.84. The molecular weight excluding hydrogens is 342 g/mol. The van der Waals surface area contributed by atoms with Gasteiger partial charge in [0.1, 0.15) is 5.78 Å². The Bertz CT molecular complexity index is 655. The van der Waals surface area contributed by atoms with Gasteiger partial charge in [0.15, 0.2) is 11.0 Å². The van der Waals surface area contributed by atoms with Crippen LogP contribution in [0.25, 0.3) is 11.4 Å². The largest absolute Gasteiger partial charge is 0.302 e. The number of aromatic nitrogens is 3. The highest BCUT2D eigenvalue weighted by molar-refractivity contribution is 7.99. The molecule has 6 heteroatoms. The van der Waals surface area contributed by atoms with Gasteiger partial charge in [-0.2, -0.15) is 0 Å². The third-order valence-electron chi connectivity index (χ3n) is 3.74. The molecule has 24 heavy (non-hydrogen) atoms. The summed E-state index contributed by atoms with van der Waals surface area (Å²) in [7, 11) is 0. The summed E-state index contributed by atoms with van der Waals surface area (Å²) >= 11 is 7.58. The van der Waals surface area contributed by atoms with Gasteiger partial charge in [-0.05, 0) is 37.6 Å². The zero-order chi connectivity index (χ0) is 17.4. The molecule has 0 saturated heterocycles. The summed E-state index contributed by atoms with van der Waals surface area (Å²) < 4.78 is 2.17. The Kier molecular flexibility index (Phi) is 7.79. The molecule has 0 bridgehead atoms. The van der Waals surface area contributed by atoms with Crippen molar-refractivity contribution in [3.05, 3.63) is 29.3 Å². The van der Waals surface area contributed by atoms with Gasteiger partial charge in [0.2, 0.25) is 0 Å². The normalized spacial score (nSPS) is 11.0. The Morgan fingerprint density at radius 3 is 2.58 bits per heavy atom. The van der Waals surface area contributed by atoms with Crippen molar-refractivity contribution in [1.82, 2.24) is 14.8 Å². The highest BCUT2D eigenvalue weighted by Crippen LogP contribution is 2.26. The van der Waals surface area contributed by atoms with Crippen molar-refractivity contribution in [3.8, 4) is 11.4 Å². The second-order valence-corrected chi connectivity index (χ2v) is 7.32. The van der Waals surface area contributed by atoms with Gasteiger partial charge in [-0.3, -0.25) is 4.79 Å². The molecule has 0 atom stereocenters. The number of thioether (sulfide) groups is 1. The summed E-state index contributed by atoms with van der Waals surface area (Å²) in [4.78, 5) is 11.2. The number of rotatable bonds is 10. The molecule has 0 aliphatic carbocycles. The fourth-order valence-electron chi connectivity index (χ4n) is 2.39. The molecular formula is C18H24ClN3OS. The van der Waals surface area contributed by atoms with E-state index in [1.54, 1.807) is 18.7 Å². The quantitative estimate of drug-likeness (QED) is 0.426. The van der Waals surface area contributed by atoms with Gasteiger partial charge in [-0.1, -0.05) is 49.5 Å². The molecule has 1 heterocycles. The van der Waals surface area contributed by atoms with Crippen LogP contribution in [0.3, 0.4) is 0 Å². The van der Waals surface area contributed by atoms with Gasteiger partial charge in [0.05, 0.1) is 0 Å². The van der Waals surface area contributed by atoms with Crippen LogP contribution in [0.1, 0.15) is 46.0 Å². The van der Waals surface area contributed by atoms with Crippen molar-refractivity contribution in [2.45, 2.75) is 57.7 Å². The van der Waals surface area contributed by atoms with Crippen molar-refractivity contribution in [3.63, 3.8) is 0 Å². The number of halogens is 1. The van der Waals surface area contributed by atoms with Crippen LogP contribution in [0.2, 0.25) is 5.02 Å². The van der Waals surface area contributed by atoms with E-state index in [-0.39, 0.29) is 5.78 Å². The van der Waals surface area contributed by atoms with E-state index in [2.05, 4.69) is 21.7 Å². The lowest BCUT2D eigenvalue weighted by Crippen LogP contribution is -2.04. The number of carbonyl (C=O) groups is 1. The van der Waals surface area contributed by atoms with Crippen LogP contribution < -0.4 is 0 Å². The molecule has 0 saturated carbocycles. The third kappa shape index (κ3) is 5.64. The summed E-state index contributed by atoms with van der Waals surface area (Å²) in [5, 5.41) is 10.3. The zero-order valence-corrected chi connectivity index (χ0v) is 15.9. The lowest BCUT2D eigenvalue weighted by molar-refractivity contribution is -0.116. The number of nitrogens with zero attached hydrogens (tertiary/aromatic N) is 3. The maximum atomic E-state index is 11.2. The Morgan fingerprint density at radius 1 is 1.17 bits per heavy atom. The van der Waals surface area contributed by atoms with E-state index in [0.29, 0.717) is 11.4 Å². The standard InChI is InChI=1S/C18H24ClN3OS/c1-3-4-5-6-12-22-17(15-7-9-16(19)10-8-15)20-21-18(22)24-13-11-14(2)23/h7-10H,3-6,11-13H2,1-2H3. The summed E-state index contributed by atoms with van der Waals surface area (Å²) in [5.41, 5.74) is 1.01. The number of Topliss-reactive ketones (excluding diaryl/α,β-unsaturated/α-hetero) is 1. The van der Waals surface area contributed by atoms with E-state index in [9.17, 15) is 4.79 Å². The first-order valence-corrected chi connectivity index (χ1v) is 9.79. The highest BCUT2D eigenvalue weighted by Gasteiger charge is 2.14. The minimum absolute atomic E-state index is 0.203. The van der Waals surface area contributed by atoms with Crippen LogP contribution >= 0.6 is 23.4 Å². The monoisotopic (exact) mass is 365 g/mol. The van der Waals surface area contributed by atoms with Crippen LogP contribution in [-0.2, 0) is 11.3 Å². The molecule has 1 aromatic carbocycles. The Balaban J connectivity index is 2.16. The lowest BCUT2D eigenvalue weighted by atomic mass is 10.2. The molecule has 0 unspecified atom stereocenters. The van der Waals surface area contributed by atoms with Crippen LogP contribution in [0.15, 0.2) is 29.4 Å². The summed E-state index contributed by atoms with van der Waals surface area (Å²) in [6.07, 6.45) is 5.32. The van der Waals surface area contributed by atoms with Crippen LogP contribution in [-0.4, -0.2) is 26.3 Å². The first-order chi connectivity index (χ1) is 11.6. The van der Waals surface area contributed by atoms with Gasteiger partial charge in [0.25, 0.3) is 0 Å². The Labute approximate surface area is 153 Å². The molecule has 2 aromatic rings. The zero-order valence-electron chi connectivity index (χ0n) is 14.3. The number of carbonyl (C=O) groups excluding carboxylic acids is 1. The van der Waals surface area contributed by atoms with E-state index in [1.165, 1.54) is 19.3 Å². The molecule has 1 aromatic heterocycles. The second-order valence-electron chi connectivity index (χ2n) is 5.83. The van der Waals surface area contributed by atoms with Crippen LogP contribution in [0.5, 0.6) is 0 Å². The van der Waals surface area contributed by atoms with Crippen molar-refractivity contribution in [1.29, 1.82) is 0 Å². The van der Waals surface area contributed by atoms with Crippen molar-refractivity contribution < 1.29 is 4.79 Å². The molecule has 0 fully saturated rings. The molecule has 4 nitrogen and oxygen atoms in total. The van der Waals surface area contributed by atoms with E-state index in [1.807, 2.05) is 24.3 Å². The minimum atomic E-state index is 0.203. The maximum absolute atomic E-state index is 11.2. The minimum Gasteiger partial charge on any atom is -0.302 e. The van der Waals surface area contributed by atoms with Crippen molar-refractivity contribution in [2.75, 3.05) is 5.75 Å². The van der Waals surface area contributed by atoms with Crippen LogP contribution in [0, 0.1) is 0 Å². The van der Waals surface area contributed by atoms with Gasteiger partial charge in [0, 0.05) is 29.3 Å². The number of hydrogen-bond donors (Lipinski definition) is 0. The lowest BCUT2D eigenvalue weighted by Gasteiger charge is -2.10. The summed E-state index contributed by atoms with van der Waals surface area (Å²) in [6.45, 7) is 4.73. The first-order valence-electron chi connectivity index (χ1n) is 8.43. The third-order valence-corrected chi connectivity index (χ3v) is 4.96. The smallest absolute Gasteiger partial charge is 0.191 e. The van der Waals surface area contributed by atoms with Crippen LogP contribution in [0.4, 0.5) is 0 Å². The molecule has 0 radical (unpaired) electrons. The number of ketones is 1. The van der Waals surface area contributed by atoms with Gasteiger partial charge in [-0.15, -0.1) is 10.2 Å². The Hall–Kier alpha value is -1.33. The first kappa shape index (κ1) is 19.0. The fraction of sp³-hybridized carbons (Fsp3) is 0.500. The predicted octanol–water partition coefficient (Wildman–Crippen LogP) is 5.25. The number of unbranched alkanes of at least 4 members (excludes halogenated alkanes) is 3. The topological polar surface area (TPSA) is 47.8 Å².